The van der Waals surface area contributed by atoms with Gasteiger partial charge in [0.1, 0.15) is 11.5 Å². The summed E-state index contributed by atoms with van der Waals surface area (Å²) < 4.78 is 6.82. The highest BCUT2D eigenvalue weighted by Gasteiger charge is 2.52. The SMILES string of the molecule is CC1(C)c2ccccc2Oc2c(-c3cccc4c3-c3ccccc3C43c4ccccc4-c4cc5ccccc5cc43)cccc21. The van der Waals surface area contributed by atoms with Crippen molar-refractivity contribution in [1.82, 2.24) is 0 Å². The smallest absolute Gasteiger partial charge is 0.139 e. The van der Waals surface area contributed by atoms with Crippen LogP contribution in [0.2, 0.25) is 0 Å². The molecule has 0 bridgehead atoms. The van der Waals surface area contributed by atoms with E-state index >= 15 is 0 Å². The molecule has 3 aliphatic rings. The molecule has 0 amide bonds. The average molecular weight is 575 g/mol. The summed E-state index contributed by atoms with van der Waals surface area (Å²) in [5.74, 6) is 1.91. The van der Waals surface area contributed by atoms with E-state index in [0.29, 0.717) is 0 Å². The fourth-order valence-corrected chi connectivity index (χ4v) is 8.77. The molecule has 0 fully saturated rings. The highest BCUT2D eigenvalue weighted by molar-refractivity contribution is 6.03. The standard InChI is InChI=1S/C44H30O/c1-43(2)36-21-9-10-24-40(36)45-42-31(18-12-23-38(42)43)30-17-11-22-37-41(30)32-16-6-8-20-35(32)44(37)34-19-7-5-15-29(34)33-25-27-13-3-4-14-28(27)26-39(33)44/h3-26H,1-2H3. The van der Waals surface area contributed by atoms with E-state index in [1.807, 2.05) is 0 Å². The van der Waals surface area contributed by atoms with Crippen LogP contribution in [0.1, 0.15) is 47.2 Å². The number of ether oxygens (including phenoxy) is 1. The van der Waals surface area contributed by atoms with Gasteiger partial charge in [-0.2, -0.15) is 0 Å². The van der Waals surface area contributed by atoms with Crippen LogP contribution < -0.4 is 4.74 Å². The van der Waals surface area contributed by atoms with Crippen molar-refractivity contribution in [3.05, 3.63) is 179 Å². The zero-order valence-corrected chi connectivity index (χ0v) is 25.3. The van der Waals surface area contributed by atoms with Crippen molar-refractivity contribution in [3.8, 4) is 44.9 Å². The minimum Gasteiger partial charge on any atom is -0.456 e. The van der Waals surface area contributed by atoms with Gasteiger partial charge in [-0.05, 0) is 79.0 Å². The van der Waals surface area contributed by atoms with Gasteiger partial charge in [-0.25, -0.2) is 0 Å². The van der Waals surface area contributed by atoms with Gasteiger partial charge in [-0.3, -0.25) is 0 Å². The fourth-order valence-electron chi connectivity index (χ4n) is 8.77. The summed E-state index contributed by atoms with van der Waals surface area (Å²) >= 11 is 0. The van der Waals surface area contributed by atoms with Gasteiger partial charge in [-0.1, -0.05) is 141 Å². The first-order valence-electron chi connectivity index (χ1n) is 15.9. The Morgan fingerprint density at radius 2 is 0.956 bits per heavy atom. The van der Waals surface area contributed by atoms with Crippen LogP contribution in [0.5, 0.6) is 11.5 Å². The second-order valence-corrected chi connectivity index (χ2v) is 13.2. The summed E-state index contributed by atoms with van der Waals surface area (Å²) in [5.41, 5.74) is 14.9. The van der Waals surface area contributed by atoms with E-state index in [9.17, 15) is 0 Å². The maximum absolute atomic E-state index is 6.82. The number of rotatable bonds is 1. The Balaban J connectivity index is 1.31. The predicted molar refractivity (Wildman–Crippen MR) is 184 cm³/mol. The first-order valence-corrected chi connectivity index (χ1v) is 15.9. The summed E-state index contributed by atoms with van der Waals surface area (Å²) in [6.45, 7) is 4.63. The quantitative estimate of drug-likeness (QED) is 0.189. The van der Waals surface area contributed by atoms with Gasteiger partial charge in [-0.15, -0.1) is 0 Å². The monoisotopic (exact) mass is 574 g/mol. The third-order valence-corrected chi connectivity index (χ3v) is 10.7. The largest absolute Gasteiger partial charge is 0.456 e. The van der Waals surface area contributed by atoms with Gasteiger partial charge in [0.15, 0.2) is 0 Å². The van der Waals surface area contributed by atoms with Crippen LogP contribution in [0.4, 0.5) is 0 Å². The summed E-state index contributed by atoms with van der Waals surface area (Å²) in [4.78, 5) is 0. The van der Waals surface area contributed by atoms with Crippen LogP contribution in [0, 0.1) is 0 Å². The third kappa shape index (κ3) is 3.03. The van der Waals surface area contributed by atoms with E-state index in [0.717, 1.165) is 17.1 Å². The lowest BCUT2D eigenvalue weighted by molar-refractivity contribution is 0.419. The molecule has 0 N–H and O–H groups in total. The molecule has 0 saturated carbocycles. The van der Waals surface area contributed by atoms with Gasteiger partial charge in [0, 0.05) is 22.1 Å². The van der Waals surface area contributed by atoms with Crippen molar-refractivity contribution in [3.63, 3.8) is 0 Å². The first kappa shape index (κ1) is 25.0. The Bertz CT molecular complexity index is 2390. The summed E-state index contributed by atoms with van der Waals surface area (Å²) in [5, 5.41) is 2.55. The second kappa shape index (κ2) is 8.61. The Morgan fingerprint density at radius 1 is 0.400 bits per heavy atom. The number of fused-ring (bicyclic) bond motifs is 13. The van der Waals surface area contributed by atoms with E-state index in [4.69, 9.17) is 4.74 Å². The molecule has 212 valence electrons. The lowest BCUT2D eigenvalue weighted by Gasteiger charge is -2.35. The van der Waals surface area contributed by atoms with Crippen molar-refractivity contribution in [2.45, 2.75) is 24.7 Å². The molecule has 7 aromatic rings. The van der Waals surface area contributed by atoms with Crippen LogP contribution in [-0.4, -0.2) is 0 Å². The molecule has 1 atom stereocenters. The van der Waals surface area contributed by atoms with Crippen molar-refractivity contribution in [1.29, 1.82) is 0 Å². The minimum atomic E-state index is -0.403. The lowest BCUT2D eigenvalue weighted by Crippen LogP contribution is -2.26. The molecule has 10 rings (SSSR count). The third-order valence-electron chi connectivity index (χ3n) is 10.7. The fraction of sp³-hybridized carbons (Fsp3) is 0.0909. The molecule has 0 saturated heterocycles. The molecule has 1 heterocycles. The Labute approximate surface area is 263 Å². The minimum absolute atomic E-state index is 0.179. The maximum atomic E-state index is 6.82. The zero-order chi connectivity index (χ0) is 29.9. The molecule has 0 radical (unpaired) electrons. The van der Waals surface area contributed by atoms with E-state index < -0.39 is 5.41 Å². The topological polar surface area (TPSA) is 9.23 Å². The molecule has 45 heavy (non-hydrogen) atoms. The molecule has 7 aromatic carbocycles. The van der Waals surface area contributed by atoms with Crippen LogP contribution in [0.15, 0.2) is 146 Å². The molecule has 1 aliphatic heterocycles. The predicted octanol–water partition coefficient (Wildman–Crippen LogP) is 11.3. The van der Waals surface area contributed by atoms with Gasteiger partial charge >= 0.3 is 0 Å². The zero-order valence-electron chi connectivity index (χ0n) is 25.3. The van der Waals surface area contributed by atoms with Gasteiger partial charge in [0.2, 0.25) is 0 Å². The molecule has 1 unspecified atom stereocenters. The normalized spacial score (nSPS) is 17.6. The van der Waals surface area contributed by atoms with Crippen LogP contribution >= 0.6 is 0 Å². The Morgan fingerprint density at radius 3 is 1.76 bits per heavy atom. The Kier molecular flexibility index (Phi) is 4.78. The van der Waals surface area contributed by atoms with Gasteiger partial charge in [0.25, 0.3) is 0 Å². The number of benzene rings is 7. The van der Waals surface area contributed by atoms with E-state index in [1.54, 1.807) is 0 Å². The lowest BCUT2D eigenvalue weighted by atomic mass is 9.70. The van der Waals surface area contributed by atoms with Crippen LogP contribution in [0.25, 0.3) is 44.2 Å². The molecular formula is C44H30O. The second-order valence-electron chi connectivity index (χ2n) is 13.2. The van der Waals surface area contributed by atoms with E-state index in [-0.39, 0.29) is 5.41 Å². The molecule has 2 aliphatic carbocycles. The van der Waals surface area contributed by atoms with Gasteiger partial charge in [0.05, 0.1) is 5.41 Å². The number of para-hydroxylation sites is 2. The molecule has 1 heteroatoms. The molecule has 1 spiro atoms. The first-order chi connectivity index (χ1) is 22.1. The maximum Gasteiger partial charge on any atom is 0.139 e. The number of hydrogen-bond donors (Lipinski definition) is 0. The van der Waals surface area contributed by atoms with E-state index in [1.165, 1.54) is 72.0 Å². The van der Waals surface area contributed by atoms with Gasteiger partial charge < -0.3 is 4.74 Å². The molecule has 1 nitrogen and oxygen atoms in total. The van der Waals surface area contributed by atoms with Crippen molar-refractivity contribution >= 4 is 10.8 Å². The molecular weight excluding hydrogens is 544 g/mol. The highest BCUT2D eigenvalue weighted by atomic mass is 16.5. The van der Waals surface area contributed by atoms with Crippen molar-refractivity contribution in [2.24, 2.45) is 0 Å². The van der Waals surface area contributed by atoms with Crippen molar-refractivity contribution in [2.75, 3.05) is 0 Å². The average Bonchev–Trinajstić information content (AvgIpc) is 3.54. The van der Waals surface area contributed by atoms with Crippen molar-refractivity contribution < 1.29 is 4.74 Å². The molecule has 0 aromatic heterocycles. The van der Waals surface area contributed by atoms with Crippen LogP contribution in [0.3, 0.4) is 0 Å². The Hall–Kier alpha value is -5.40. The van der Waals surface area contributed by atoms with Crippen LogP contribution in [-0.2, 0) is 10.8 Å². The number of hydrogen-bond acceptors (Lipinski definition) is 1. The summed E-state index contributed by atoms with van der Waals surface area (Å²) in [6, 6.07) is 53.9. The van der Waals surface area contributed by atoms with E-state index in [2.05, 4.69) is 159 Å². The highest BCUT2D eigenvalue weighted by Crippen LogP contribution is 2.65. The summed E-state index contributed by atoms with van der Waals surface area (Å²) in [6.07, 6.45) is 0. The summed E-state index contributed by atoms with van der Waals surface area (Å²) in [7, 11) is 0.